The molecule has 0 amide bonds. The predicted molar refractivity (Wildman–Crippen MR) is 116 cm³/mol. The van der Waals surface area contributed by atoms with Gasteiger partial charge in [0.05, 0.1) is 18.3 Å². The molecule has 3 N–H and O–H groups in total. The number of aliphatic hydroxyl groups excluding tert-OH is 1. The normalized spacial score (nSPS) is 12.0. The highest BCUT2D eigenvalue weighted by Crippen LogP contribution is 2.23. The molecular weight excluding hydrogens is 418 g/mol. The van der Waals surface area contributed by atoms with Crippen LogP contribution < -0.4 is 10.6 Å². The molecule has 3 rings (SSSR count). The van der Waals surface area contributed by atoms with Gasteiger partial charge in [-0.1, -0.05) is 48.0 Å². The minimum atomic E-state index is -0.121. The van der Waals surface area contributed by atoms with Crippen LogP contribution in [0, 0.1) is 5.92 Å². The van der Waals surface area contributed by atoms with Crippen LogP contribution in [-0.4, -0.2) is 32.7 Å². The van der Waals surface area contributed by atoms with Crippen LogP contribution >= 0.6 is 15.9 Å². The fraction of sp³-hybridized carbons (Fsp3) is 0.286. The van der Waals surface area contributed by atoms with Crippen molar-refractivity contribution in [3.05, 3.63) is 64.9 Å². The molecule has 0 bridgehead atoms. The van der Waals surface area contributed by atoms with Crippen molar-refractivity contribution in [2.75, 3.05) is 17.2 Å². The molecule has 2 aromatic heterocycles. The largest absolute Gasteiger partial charge is 0.394 e. The van der Waals surface area contributed by atoms with Crippen molar-refractivity contribution < 1.29 is 5.11 Å². The highest BCUT2D eigenvalue weighted by molar-refractivity contribution is 9.10. The molecule has 0 saturated heterocycles. The van der Waals surface area contributed by atoms with Crippen LogP contribution in [0.25, 0.3) is 11.3 Å². The van der Waals surface area contributed by atoms with Gasteiger partial charge in [-0.25, -0.2) is 4.98 Å². The molecular formula is C21H24BrN5O. The maximum atomic E-state index is 9.65. The number of nitrogens with zero attached hydrogens (tertiary/aromatic N) is 3. The van der Waals surface area contributed by atoms with E-state index >= 15 is 0 Å². The molecule has 1 atom stereocenters. The lowest BCUT2D eigenvalue weighted by Gasteiger charge is -2.20. The van der Waals surface area contributed by atoms with E-state index in [1.165, 1.54) is 0 Å². The molecule has 0 spiro atoms. The number of nitrogens with one attached hydrogen (secondary N) is 2. The summed E-state index contributed by atoms with van der Waals surface area (Å²) in [6.07, 6.45) is 3.48. The summed E-state index contributed by atoms with van der Waals surface area (Å²) in [6, 6.07) is 13.7. The number of aromatic nitrogens is 3. The van der Waals surface area contributed by atoms with Gasteiger partial charge in [0.2, 0.25) is 5.95 Å². The zero-order chi connectivity index (χ0) is 19.9. The molecule has 146 valence electrons. The molecule has 1 aromatic carbocycles. The number of hydrogen-bond donors (Lipinski definition) is 3. The Bertz CT molecular complexity index is 904. The molecule has 0 aliphatic rings. The Balaban J connectivity index is 1.89. The molecule has 28 heavy (non-hydrogen) atoms. The SMILES string of the molecule is CC(C)[C@H](CO)Nc1nc(NCc2ccccc2Br)cc(-c2ccncc2)n1. The third-order valence-corrected chi connectivity index (χ3v) is 5.21. The van der Waals surface area contributed by atoms with Crippen molar-refractivity contribution in [1.82, 2.24) is 15.0 Å². The zero-order valence-corrected chi connectivity index (χ0v) is 17.5. The molecule has 6 nitrogen and oxygen atoms in total. The molecule has 7 heteroatoms. The number of aliphatic hydroxyl groups is 1. The van der Waals surface area contributed by atoms with Gasteiger partial charge in [0, 0.05) is 35.0 Å². The fourth-order valence-corrected chi connectivity index (χ4v) is 3.11. The summed E-state index contributed by atoms with van der Waals surface area (Å²) >= 11 is 3.57. The lowest BCUT2D eigenvalue weighted by Crippen LogP contribution is -2.30. The van der Waals surface area contributed by atoms with Gasteiger partial charge < -0.3 is 15.7 Å². The molecule has 0 unspecified atom stereocenters. The second kappa shape index (κ2) is 9.61. The van der Waals surface area contributed by atoms with Gasteiger partial charge >= 0.3 is 0 Å². The molecule has 0 aliphatic carbocycles. The van der Waals surface area contributed by atoms with Gasteiger partial charge in [0.1, 0.15) is 5.82 Å². The van der Waals surface area contributed by atoms with Crippen LogP contribution in [0.1, 0.15) is 19.4 Å². The van der Waals surface area contributed by atoms with E-state index in [9.17, 15) is 5.11 Å². The maximum absolute atomic E-state index is 9.65. The average molecular weight is 442 g/mol. The third-order valence-electron chi connectivity index (χ3n) is 4.44. The van der Waals surface area contributed by atoms with Crippen molar-refractivity contribution in [2.45, 2.75) is 26.4 Å². The number of rotatable bonds is 8. The maximum Gasteiger partial charge on any atom is 0.225 e. The topological polar surface area (TPSA) is 83.0 Å². The van der Waals surface area contributed by atoms with Crippen LogP contribution in [0.3, 0.4) is 0 Å². The fourth-order valence-electron chi connectivity index (χ4n) is 2.69. The van der Waals surface area contributed by atoms with Crippen molar-refractivity contribution >= 4 is 27.7 Å². The Morgan fingerprint density at radius 1 is 1.07 bits per heavy atom. The van der Waals surface area contributed by atoms with Crippen LogP contribution in [0.5, 0.6) is 0 Å². The molecule has 0 fully saturated rings. The van der Waals surface area contributed by atoms with Gasteiger partial charge in [-0.15, -0.1) is 0 Å². The molecule has 0 radical (unpaired) electrons. The van der Waals surface area contributed by atoms with E-state index in [1.54, 1.807) is 12.4 Å². The van der Waals surface area contributed by atoms with E-state index in [0.717, 1.165) is 21.3 Å². The number of pyridine rings is 1. The number of hydrogen-bond acceptors (Lipinski definition) is 6. The lowest BCUT2D eigenvalue weighted by atomic mass is 10.1. The summed E-state index contributed by atoms with van der Waals surface area (Å²) in [7, 11) is 0. The van der Waals surface area contributed by atoms with E-state index in [2.05, 4.69) is 47.6 Å². The lowest BCUT2D eigenvalue weighted by molar-refractivity contribution is 0.248. The molecule has 3 aromatic rings. The van der Waals surface area contributed by atoms with E-state index in [4.69, 9.17) is 0 Å². The van der Waals surface area contributed by atoms with E-state index < -0.39 is 0 Å². The van der Waals surface area contributed by atoms with Gasteiger partial charge in [-0.2, -0.15) is 4.98 Å². The van der Waals surface area contributed by atoms with E-state index in [1.807, 2.05) is 50.2 Å². The second-order valence-corrected chi connectivity index (χ2v) is 7.67. The average Bonchev–Trinajstić information content (AvgIpc) is 2.71. The first-order valence-corrected chi connectivity index (χ1v) is 10.00. The summed E-state index contributed by atoms with van der Waals surface area (Å²) in [5, 5.41) is 16.3. The monoisotopic (exact) mass is 441 g/mol. The highest BCUT2D eigenvalue weighted by atomic mass is 79.9. The quantitative estimate of drug-likeness (QED) is 0.482. The first-order valence-electron chi connectivity index (χ1n) is 9.21. The highest BCUT2D eigenvalue weighted by Gasteiger charge is 2.15. The van der Waals surface area contributed by atoms with E-state index in [-0.39, 0.29) is 18.6 Å². The number of halogens is 1. The summed E-state index contributed by atoms with van der Waals surface area (Å²) in [4.78, 5) is 13.3. The first-order chi connectivity index (χ1) is 13.6. The number of benzene rings is 1. The van der Waals surface area contributed by atoms with Crippen LogP contribution in [-0.2, 0) is 6.54 Å². The summed E-state index contributed by atoms with van der Waals surface area (Å²) in [5.74, 6) is 1.44. The van der Waals surface area contributed by atoms with Gasteiger partial charge in [-0.3, -0.25) is 4.98 Å². The Hall–Kier alpha value is -2.51. The summed E-state index contributed by atoms with van der Waals surface area (Å²) in [5.41, 5.74) is 2.88. The Kier molecular flexibility index (Phi) is 6.95. The predicted octanol–water partition coefficient (Wildman–Crippen LogP) is 4.34. The zero-order valence-electron chi connectivity index (χ0n) is 15.9. The van der Waals surface area contributed by atoms with Gasteiger partial charge in [0.25, 0.3) is 0 Å². The Labute approximate surface area is 173 Å². The minimum Gasteiger partial charge on any atom is -0.394 e. The van der Waals surface area contributed by atoms with Crippen LogP contribution in [0.15, 0.2) is 59.3 Å². The Morgan fingerprint density at radius 3 is 2.50 bits per heavy atom. The van der Waals surface area contributed by atoms with Crippen LogP contribution in [0.4, 0.5) is 11.8 Å². The molecule has 0 saturated carbocycles. The third kappa shape index (κ3) is 5.27. The number of anilines is 2. The minimum absolute atomic E-state index is 0.0141. The molecule has 2 heterocycles. The van der Waals surface area contributed by atoms with Crippen molar-refractivity contribution in [3.8, 4) is 11.3 Å². The van der Waals surface area contributed by atoms with E-state index in [0.29, 0.717) is 18.3 Å². The standard InChI is InChI=1S/C21H24BrN5O/c1-14(2)19(13-28)26-21-25-18(15-7-9-23-10-8-15)11-20(27-21)24-12-16-5-3-4-6-17(16)22/h3-11,14,19,28H,12-13H2,1-2H3,(H2,24,25,26,27)/t19-/m0/s1. The smallest absolute Gasteiger partial charge is 0.225 e. The van der Waals surface area contributed by atoms with Crippen LogP contribution in [0.2, 0.25) is 0 Å². The van der Waals surface area contributed by atoms with Crippen molar-refractivity contribution in [1.29, 1.82) is 0 Å². The molecule has 0 aliphatic heterocycles. The Morgan fingerprint density at radius 2 is 1.82 bits per heavy atom. The summed E-state index contributed by atoms with van der Waals surface area (Å²) in [6.45, 7) is 4.74. The second-order valence-electron chi connectivity index (χ2n) is 6.82. The van der Waals surface area contributed by atoms with Crippen molar-refractivity contribution in [3.63, 3.8) is 0 Å². The summed E-state index contributed by atoms with van der Waals surface area (Å²) < 4.78 is 1.05. The van der Waals surface area contributed by atoms with Crippen molar-refractivity contribution in [2.24, 2.45) is 5.92 Å². The first kappa shape index (κ1) is 20.2. The van der Waals surface area contributed by atoms with Gasteiger partial charge in [-0.05, 0) is 29.7 Å². The van der Waals surface area contributed by atoms with Gasteiger partial charge in [0.15, 0.2) is 0 Å².